The summed E-state index contributed by atoms with van der Waals surface area (Å²) in [5.41, 5.74) is 3.72. The highest BCUT2D eigenvalue weighted by Gasteiger charge is 2.06. The van der Waals surface area contributed by atoms with E-state index in [0.29, 0.717) is 12.1 Å². The van der Waals surface area contributed by atoms with E-state index in [4.69, 9.17) is 10.00 Å². The highest BCUT2D eigenvalue weighted by Crippen LogP contribution is 2.16. The molecule has 0 aliphatic heterocycles. The minimum Gasteiger partial charge on any atom is -0.497 e. The lowest BCUT2D eigenvalue weighted by atomic mass is 10.1. The summed E-state index contributed by atoms with van der Waals surface area (Å²) < 4.78 is 5.25. The summed E-state index contributed by atoms with van der Waals surface area (Å²) in [5, 5.41) is 12.2. The number of rotatable bonds is 5. The minimum atomic E-state index is 0.186. The molecule has 0 aliphatic rings. The van der Waals surface area contributed by atoms with Gasteiger partial charge in [-0.15, -0.1) is 0 Å². The van der Waals surface area contributed by atoms with Gasteiger partial charge < -0.3 is 10.1 Å². The molecular formula is C17H19N3O. The molecule has 0 bridgehead atoms. The predicted octanol–water partition coefficient (Wildman–Crippen LogP) is 3.12. The fourth-order valence-electron chi connectivity index (χ4n) is 2.13. The Balaban J connectivity index is 2.01. The number of nitrogens with zero attached hydrogens (tertiary/aromatic N) is 2. The fraction of sp³-hybridized carbons (Fsp3) is 0.294. The van der Waals surface area contributed by atoms with Crippen molar-refractivity contribution < 1.29 is 4.74 Å². The molecule has 0 aliphatic carbocycles. The van der Waals surface area contributed by atoms with Crippen molar-refractivity contribution >= 4 is 0 Å². The number of nitrogens with one attached hydrogen (secondary N) is 1. The van der Waals surface area contributed by atoms with Crippen LogP contribution < -0.4 is 10.1 Å². The zero-order chi connectivity index (χ0) is 15.2. The van der Waals surface area contributed by atoms with Gasteiger partial charge in [0.05, 0.1) is 24.4 Å². The van der Waals surface area contributed by atoms with Crippen molar-refractivity contribution in [2.75, 3.05) is 7.11 Å². The summed E-state index contributed by atoms with van der Waals surface area (Å²) >= 11 is 0. The summed E-state index contributed by atoms with van der Waals surface area (Å²) in [6.07, 6.45) is 0. The molecule has 0 radical (unpaired) electrons. The zero-order valence-electron chi connectivity index (χ0n) is 12.6. The quantitative estimate of drug-likeness (QED) is 0.914. The summed E-state index contributed by atoms with van der Waals surface area (Å²) in [7, 11) is 1.66. The van der Waals surface area contributed by atoms with Gasteiger partial charge in [-0.05, 0) is 31.5 Å². The molecule has 1 unspecified atom stereocenters. The lowest BCUT2D eigenvalue weighted by molar-refractivity contribution is 0.412. The van der Waals surface area contributed by atoms with Crippen LogP contribution in [0.25, 0.3) is 0 Å². The molecule has 4 heteroatoms. The van der Waals surface area contributed by atoms with Gasteiger partial charge in [0.25, 0.3) is 0 Å². The predicted molar refractivity (Wildman–Crippen MR) is 81.9 cm³/mol. The van der Waals surface area contributed by atoms with Gasteiger partial charge >= 0.3 is 0 Å². The third-order valence-electron chi connectivity index (χ3n) is 3.34. The van der Waals surface area contributed by atoms with Crippen LogP contribution in [0.1, 0.15) is 35.5 Å². The molecule has 0 saturated carbocycles. The monoisotopic (exact) mass is 281 g/mol. The van der Waals surface area contributed by atoms with E-state index in [1.807, 2.05) is 43.3 Å². The highest BCUT2D eigenvalue weighted by molar-refractivity contribution is 5.33. The molecule has 0 amide bonds. The van der Waals surface area contributed by atoms with Crippen LogP contribution in [0.4, 0.5) is 0 Å². The van der Waals surface area contributed by atoms with Gasteiger partial charge in [0, 0.05) is 30.4 Å². The van der Waals surface area contributed by atoms with Crippen molar-refractivity contribution in [2.24, 2.45) is 0 Å². The standard InChI is InChI=1S/C17H19N3O/c1-12-8-17(21-3)9-16(20-12)11-19-13(2)15-6-4-14(10-18)5-7-15/h4-9,13,19H,11H2,1-3H3. The number of aryl methyl sites for hydroxylation is 1. The van der Waals surface area contributed by atoms with Crippen molar-refractivity contribution in [1.82, 2.24) is 10.3 Å². The average molecular weight is 281 g/mol. The summed E-state index contributed by atoms with van der Waals surface area (Å²) in [6.45, 7) is 4.71. The van der Waals surface area contributed by atoms with Crippen LogP contribution in [-0.2, 0) is 6.54 Å². The van der Waals surface area contributed by atoms with E-state index in [-0.39, 0.29) is 6.04 Å². The maximum absolute atomic E-state index is 8.81. The van der Waals surface area contributed by atoms with Crippen molar-refractivity contribution in [3.8, 4) is 11.8 Å². The lowest BCUT2D eigenvalue weighted by Crippen LogP contribution is -2.19. The van der Waals surface area contributed by atoms with Crippen LogP contribution in [0.3, 0.4) is 0 Å². The van der Waals surface area contributed by atoms with Crippen LogP contribution in [-0.4, -0.2) is 12.1 Å². The number of methoxy groups -OCH3 is 1. The first-order valence-corrected chi connectivity index (χ1v) is 6.87. The summed E-state index contributed by atoms with van der Waals surface area (Å²) in [6, 6.07) is 13.8. The lowest BCUT2D eigenvalue weighted by Gasteiger charge is -2.14. The number of pyridine rings is 1. The number of benzene rings is 1. The Labute approximate surface area is 125 Å². The van der Waals surface area contributed by atoms with E-state index in [9.17, 15) is 0 Å². The first kappa shape index (κ1) is 15.0. The number of hydrogen-bond donors (Lipinski definition) is 1. The minimum absolute atomic E-state index is 0.186. The molecular weight excluding hydrogens is 262 g/mol. The topological polar surface area (TPSA) is 57.9 Å². The second-order valence-electron chi connectivity index (χ2n) is 4.98. The Hall–Kier alpha value is -2.38. The number of ether oxygens (including phenoxy) is 1. The molecule has 1 heterocycles. The van der Waals surface area contributed by atoms with Gasteiger partial charge in [0.1, 0.15) is 5.75 Å². The van der Waals surface area contributed by atoms with Gasteiger partial charge in [-0.2, -0.15) is 5.26 Å². The van der Waals surface area contributed by atoms with Gasteiger partial charge in [0.15, 0.2) is 0 Å². The van der Waals surface area contributed by atoms with Crippen LogP contribution in [0.15, 0.2) is 36.4 Å². The van der Waals surface area contributed by atoms with E-state index >= 15 is 0 Å². The summed E-state index contributed by atoms with van der Waals surface area (Å²) in [4.78, 5) is 4.49. The molecule has 2 rings (SSSR count). The second-order valence-corrected chi connectivity index (χ2v) is 4.98. The van der Waals surface area contributed by atoms with Crippen LogP contribution in [0, 0.1) is 18.3 Å². The van der Waals surface area contributed by atoms with Crippen LogP contribution in [0.2, 0.25) is 0 Å². The molecule has 108 valence electrons. The highest BCUT2D eigenvalue weighted by atomic mass is 16.5. The van der Waals surface area contributed by atoms with E-state index in [0.717, 1.165) is 22.7 Å². The normalized spacial score (nSPS) is 11.7. The number of aromatic nitrogens is 1. The molecule has 1 atom stereocenters. The van der Waals surface area contributed by atoms with Gasteiger partial charge in [0.2, 0.25) is 0 Å². The van der Waals surface area contributed by atoms with Crippen molar-refractivity contribution in [2.45, 2.75) is 26.4 Å². The molecule has 2 aromatic rings. The van der Waals surface area contributed by atoms with Gasteiger partial charge in [-0.3, -0.25) is 4.98 Å². The SMILES string of the molecule is COc1cc(C)nc(CNC(C)c2ccc(C#N)cc2)c1. The third-order valence-corrected chi connectivity index (χ3v) is 3.34. The first-order chi connectivity index (χ1) is 10.1. The molecule has 1 N–H and O–H groups in total. The maximum Gasteiger partial charge on any atom is 0.122 e. The molecule has 4 nitrogen and oxygen atoms in total. The third kappa shape index (κ3) is 4.04. The summed E-state index contributed by atoms with van der Waals surface area (Å²) in [5.74, 6) is 0.824. The molecule has 21 heavy (non-hydrogen) atoms. The van der Waals surface area contributed by atoms with E-state index < -0.39 is 0 Å². The molecule has 0 fully saturated rings. The van der Waals surface area contributed by atoms with E-state index in [2.05, 4.69) is 23.3 Å². The number of hydrogen-bond acceptors (Lipinski definition) is 4. The zero-order valence-corrected chi connectivity index (χ0v) is 12.6. The van der Waals surface area contributed by atoms with Crippen molar-refractivity contribution in [1.29, 1.82) is 5.26 Å². The van der Waals surface area contributed by atoms with Crippen molar-refractivity contribution in [3.63, 3.8) is 0 Å². The van der Waals surface area contributed by atoms with E-state index in [1.54, 1.807) is 7.11 Å². The Morgan fingerprint density at radius 2 is 2.00 bits per heavy atom. The van der Waals surface area contributed by atoms with Crippen molar-refractivity contribution in [3.05, 3.63) is 58.9 Å². The largest absolute Gasteiger partial charge is 0.497 e. The Kier molecular flexibility index (Phi) is 4.91. The fourth-order valence-corrected chi connectivity index (χ4v) is 2.13. The van der Waals surface area contributed by atoms with Crippen LogP contribution in [0.5, 0.6) is 5.75 Å². The van der Waals surface area contributed by atoms with Crippen LogP contribution >= 0.6 is 0 Å². The molecule has 1 aromatic carbocycles. The van der Waals surface area contributed by atoms with Gasteiger partial charge in [-0.25, -0.2) is 0 Å². The van der Waals surface area contributed by atoms with E-state index in [1.165, 1.54) is 0 Å². The van der Waals surface area contributed by atoms with Gasteiger partial charge in [-0.1, -0.05) is 12.1 Å². The Bertz CT molecular complexity index is 644. The Morgan fingerprint density at radius 1 is 1.29 bits per heavy atom. The smallest absolute Gasteiger partial charge is 0.122 e. The molecule has 0 spiro atoms. The first-order valence-electron chi connectivity index (χ1n) is 6.87. The number of nitriles is 1. The Morgan fingerprint density at radius 3 is 2.62 bits per heavy atom. The average Bonchev–Trinajstić information content (AvgIpc) is 2.52. The second kappa shape index (κ2) is 6.87. The molecule has 0 saturated heterocycles. The maximum atomic E-state index is 8.81. The molecule has 1 aromatic heterocycles.